The molecule has 1 aliphatic rings. The molecule has 130 valence electrons. The van der Waals surface area contributed by atoms with Crippen molar-refractivity contribution in [2.75, 3.05) is 6.54 Å². The molecule has 7 heteroatoms. The molecule has 0 unspecified atom stereocenters. The summed E-state index contributed by atoms with van der Waals surface area (Å²) in [6.07, 6.45) is 0.839. The molecular formula is C18H17ClN2O3S. The molecule has 3 rings (SSSR count). The molecule has 2 aromatic rings. The SMILES string of the molecule is CCc1ccc(C(=O)CN2C(=O)N[C@](C)(c3ccccc3Cl)C2=O)s1. The maximum Gasteiger partial charge on any atom is 0.325 e. The first-order valence-electron chi connectivity index (χ1n) is 7.88. The van der Waals surface area contributed by atoms with Gasteiger partial charge in [0.15, 0.2) is 5.78 Å². The van der Waals surface area contributed by atoms with Gasteiger partial charge in [-0.25, -0.2) is 4.79 Å². The Kier molecular flexibility index (Phi) is 4.67. The normalized spacial score (nSPS) is 20.0. The van der Waals surface area contributed by atoms with Crippen LogP contribution in [0.1, 0.15) is 34.0 Å². The van der Waals surface area contributed by atoms with Crippen LogP contribution in [0.2, 0.25) is 5.02 Å². The molecule has 0 saturated carbocycles. The average molecular weight is 377 g/mol. The van der Waals surface area contributed by atoms with Crippen molar-refractivity contribution < 1.29 is 14.4 Å². The van der Waals surface area contributed by atoms with Crippen molar-refractivity contribution >= 4 is 40.7 Å². The number of nitrogens with zero attached hydrogens (tertiary/aromatic N) is 1. The van der Waals surface area contributed by atoms with E-state index in [0.29, 0.717) is 15.5 Å². The van der Waals surface area contributed by atoms with Gasteiger partial charge in [-0.2, -0.15) is 0 Å². The van der Waals surface area contributed by atoms with Crippen LogP contribution in [0.4, 0.5) is 4.79 Å². The molecule has 1 atom stereocenters. The highest BCUT2D eigenvalue weighted by molar-refractivity contribution is 7.14. The predicted molar refractivity (Wildman–Crippen MR) is 97.1 cm³/mol. The second kappa shape index (κ2) is 6.61. The molecule has 1 N–H and O–H groups in total. The molecule has 0 spiro atoms. The van der Waals surface area contributed by atoms with Crippen molar-refractivity contribution in [2.45, 2.75) is 25.8 Å². The molecule has 1 fully saturated rings. The van der Waals surface area contributed by atoms with Gasteiger partial charge in [0.1, 0.15) is 5.54 Å². The molecule has 1 aromatic carbocycles. The van der Waals surface area contributed by atoms with E-state index in [0.717, 1.165) is 16.2 Å². The lowest BCUT2D eigenvalue weighted by Gasteiger charge is -2.23. The molecular weight excluding hydrogens is 360 g/mol. The van der Waals surface area contributed by atoms with Crippen LogP contribution in [0, 0.1) is 0 Å². The largest absolute Gasteiger partial charge is 0.325 e. The van der Waals surface area contributed by atoms with Gasteiger partial charge in [0.2, 0.25) is 0 Å². The fraction of sp³-hybridized carbons (Fsp3) is 0.278. The summed E-state index contributed by atoms with van der Waals surface area (Å²) in [5, 5.41) is 3.05. The number of ketones is 1. The first kappa shape index (κ1) is 17.6. The van der Waals surface area contributed by atoms with Crippen molar-refractivity contribution in [1.29, 1.82) is 0 Å². The smallest absolute Gasteiger partial charge is 0.319 e. The summed E-state index contributed by atoms with van der Waals surface area (Å²) >= 11 is 7.57. The number of hydrogen-bond donors (Lipinski definition) is 1. The summed E-state index contributed by atoms with van der Waals surface area (Å²) in [5.74, 6) is -0.733. The lowest BCUT2D eigenvalue weighted by Crippen LogP contribution is -2.41. The van der Waals surface area contributed by atoms with Gasteiger partial charge in [-0.15, -0.1) is 11.3 Å². The quantitative estimate of drug-likeness (QED) is 0.640. The van der Waals surface area contributed by atoms with Crippen molar-refractivity contribution in [3.63, 3.8) is 0 Å². The molecule has 0 bridgehead atoms. The minimum Gasteiger partial charge on any atom is -0.319 e. The molecule has 1 saturated heterocycles. The van der Waals surface area contributed by atoms with E-state index in [1.807, 2.05) is 13.0 Å². The van der Waals surface area contributed by atoms with Gasteiger partial charge >= 0.3 is 6.03 Å². The van der Waals surface area contributed by atoms with E-state index in [2.05, 4.69) is 5.32 Å². The lowest BCUT2D eigenvalue weighted by atomic mass is 9.92. The zero-order valence-electron chi connectivity index (χ0n) is 13.8. The van der Waals surface area contributed by atoms with Crippen LogP contribution in [-0.2, 0) is 16.8 Å². The minimum absolute atomic E-state index is 0.253. The molecule has 1 aromatic heterocycles. The van der Waals surface area contributed by atoms with E-state index < -0.39 is 17.5 Å². The van der Waals surface area contributed by atoms with Crippen LogP contribution in [0.15, 0.2) is 36.4 Å². The third kappa shape index (κ3) is 3.07. The number of urea groups is 1. The first-order chi connectivity index (χ1) is 11.9. The standard InChI is InChI=1S/C18H17ClN2O3S/c1-3-11-8-9-15(25-11)14(22)10-21-16(23)18(2,20-17(21)24)12-6-4-5-7-13(12)19/h4-9H,3,10H2,1-2H3,(H,20,24)/t18-/m1/s1. The van der Waals surface area contributed by atoms with Gasteiger partial charge in [-0.3, -0.25) is 14.5 Å². The minimum atomic E-state index is -1.28. The number of nitrogens with one attached hydrogen (secondary N) is 1. The number of carbonyl (C=O) groups excluding carboxylic acids is 3. The van der Waals surface area contributed by atoms with Crippen molar-refractivity contribution in [3.05, 3.63) is 56.7 Å². The zero-order valence-corrected chi connectivity index (χ0v) is 15.4. The van der Waals surface area contributed by atoms with Crippen molar-refractivity contribution in [2.24, 2.45) is 0 Å². The van der Waals surface area contributed by atoms with E-state index in [4.69, 9.17) is 11.6 Å². The lowest BCUT2D eigenvalue weighted by molar-refractivity contribution is -0.130. The van der Waals surface area contributed by atoms with Gasteiger partial charge in [0, 0.05) is 15.5 Å². The van der Waals surface area contributed by atoms with Crippen molar-refractivity contribution in [3.8, 4) is 0 Å². The summed E-state index contributed by atoms with van der Waals surface area (Å²) < 4.78 is 0. The Hall–Kier alpha value is -2.18. The summed E-state index contributed by atoms with van der Waals surface area (Å²) in [5.41, 5.74) is -0.769. The monoisotopic (exact) mass is 376 g/mol. The number of imide groups is 1. The third-order valence-electron chi connectivity index (χ3n) is 4.27. The highest BCUT2D eigenvalue weighted by Gasteiger charge is 2.50. The van der Waals surface area contributed by atoms with Gasteiger partial charge in [0.05, 0.1) is 11.4 Å². The van der Waals surface area contributed by atoms with Gasteiger partial charge in [0.25, 0.3) is 5.91 Å². The molecule has 1 aliphatic heterocycles. The summed E-state index contributed by atoms with van der Waals surface area (Å²) in [6.45, 7) is 3.32. The van der Waals surface area contributed by atoms with Gasteiger partial charge < -0.3 is 5.32 Å². The molecule has 25 heavy (non-hydrogen) atoms. The van der Waals surface area contributed by atoms with Crippen LogP contribution < -0.4 is 5.32 Å². The predicted octanol–water partition coefficient (Wildman–Crippen LogP) is 3.61. The number of halogens is 1. The summed E-state index contributed by atoms with van der Waals surface area (Å²) in [6, 6.07) is 9.88. The molecule has 5 nitrogen and oxygen atoms in total. The topological polar surface area (TPSA) is 66.5 Å². The van der Waals surface area contributed by atoms with Crippen LogP contribution >= 0.6 is 22.9 Å². The molecule has 0 radical (unpaired) electrons. The second-order valence-electron chi connectivity index (χ2n) is 5.97. The van der Waals surface area contributed by atoms with E-state index in [-0.39, 0.29) is 12.3 Å². The van der Waals surface area contributed by atoms with Crippen LogP contribution in [-0.4, -0.2) is 29.2 Å². The Morgan fingerprint density at radius 1 is 1.24 bits per heavy atom. The van der Waals surface area contributed by atoms with E-state index in [9.17, 15) is 14.4 Å². The Bertz CT molecular complexity index is 864. The number of Topliss-reactive ketones (excluding diaryl/α,β-unsaturated/α-hetero) is 1. The number of benzene rings is 1. The van der Waals surface area contributed by atoms with E-state index in [1.54, 1.807) is 37.3 Å². The molecule has 2 heterocycles. The van der Waals surface area contributed by atoms with Gasteiger partial charge in [-0.1, -0.05) is 36.7 Å². The number of hydrogen-bond acceptors (Lipinski definition) is 4. The third-order valence-corrected chi connectivity index (χ3v) is 5.87. The molecule has 3 amide bonds. The number of aryl methyl sites for hydroxylation is 1. The van der Waals surface area contributed by atoms with E-state index >= 15 is 0 Å². The maximum absolute atomic E-state index is 12.9. The highest BCUT2D eigenvalue weighted by Crippen LogP contribution is 2.33. The number of rotatable bonds is 5. The fourth-order valence-corrected chi connectivity index (χ4v) is 4.03. The fourth-order valence-electron chi connectivity index (χ4n) is 2.83. The van der Waals surface area contributed by atoms with Crippen LogP contribution in [0.25, 0.3) is 0 Å². The summed E-state index contributed by atoms with van der Waals surface area (Å²) in [4.78, 5) is 40.2. The van der Waals surface area contributed by atoms with Crippen LogP contribution in [0.5, 0.6) is 0 Å². The van der Waals surface area contributed by atoms with Crippen molar-refractivity contribution in [1.82, 2.24) is 10.2 Å². The Morgan fingerprint density at radius 2 is 1.96 bits per heavy atom. The molecule has 0 aliphatic carbocycles. The first-order valence-corrected chi connectivity index (χ1v) is 9.07. The van der Waals surface area contributed by atoms with E-state index in [1.165, 1.54) is 11.3 Å². The zero-order chi connectivity index (χ0) is 18.2. The number of amides is 3. The average Bonchev–Trinajstić information content (AvgIpc) is 3.15. The number of carbonyl (C=O) groups is 3. The maximum atomic E-state index is 12.9. The number of thiophene rings is 1. The van der Waals surface area contributed by atoms with Crippen LogP contribution in [0.3, 0.4) is 0 Å². The summed E-state index contributed by atoms with van der Waals surface area (Å²) in [7, 11) is 0. The second-order valence-corrected chi connectivity index (χ2v) is 7.54. The Labute approximate surface area is 154 Å². The highest BCUT2D eigenvalue weighted by atomic mass is 35.5. The Morgan fingerprint density at radius 3 is 2.60 bits per heavy atom. The Balaban J connectivity index is 1.84. The van der Waals surface area contributed by atoms with Gasteiger partial charge in [-0.05, 0) is 31.5 Å².